The van der Waals surface area contributed by atoms with Crippen molar-refractivity contribution in [3.05, 3.63) is 28.2 Å². The van der Waals surface area contributed by atoms with Crippen LogP contribution in [0.3, 0.4) is 0 Å². The standard InChI is InChI=1S/C9H12N4O2S/c1-2-13(5-7(10)16)9(15)6-3-4-8(14)12-11-6/h3-4H,2,5H2,1H3,(H2,10,16)(H,12,14). The molecular formula is C9H12N4O2S. The van der Waals surface area contributed by atoms with Gasteiger partial charge in [0.05, 0.1) is 11.5 Å². The van der Waals surface area contributed by atoms with Gasteiger partial charge in [0.2, 0.25) is 0 Å². The van der Waals surface area contributed by atoms with Crippen molar-refractivity contribution in [1.29, 1.82) is 0 Å². The van der Waals surface area contributed by atoms with Crippen molar-refractivity contribution in [2.75, 3.05) is 13.1 Å². The highest BCUT2D eigenvalue weighted by Gasteiger charge is 2.15. The molecule has 7 heteroatoms. The van der Waals surface area contributed by atoms with Gasteiger partial charge in [0.25, 0.3) is 11.5 Å². The fourth-order valence-corrected chi connectivity index (χ4v) is 1.30. The van der Waals surface area contributed by atoms with Crippen LogP contribution in [0.1, 0.15) is 17.4 Å². The van der Waals surface area contributed by atoms with E-state index in [4.69, 9.17) is 18.0 Å². The van der Waals surface area contributed by atoms with Gasteiger partial charge in [-0.25, -0.2) is 5.10 Å². The molecule has 0 aliphatic carbocycles. The fourth-order valence-electron chi connectivity index (χ4n) is 1.14. The monoisotopic (exact) mass is 240 g/mol. The number of amides is 1. The summed E-state index contributed by atoms with van der Waals surface area (Å²) < 4.78 is 0. The van der Waals surface area contributed by atoms with Crippen molar-refractivity contribution < 1.29 is 4.79 Å². The summed E-state index contributed by atoms with van der Waals surface area (Å²) in [6, 6.07) is 2.61. The molecule has 86 valence electrons. The van der Waals surface area contributed by atoms with Crippen molar-refractivity contribution >= 4 is 23.1 Å². The number of hydrogen-bond donors (Lipinski definition) is 2. The number of hydrogen-bond acceptors (Lipinski definition) is 4. The Morgan fingerprint density at radius 1 is 1.62 bits per heavy atom. The number of H-pyrrole nitrogens is 1. The van der Waals surface area contributed by atoms with Crippen LogP contribution in [0.25, 0.3) is 0 Å². The Balaban J connectivity index is 2.86. The van der Waals surface area contributed by atoms with Crippen LogP contribution < -0.4 is 11.3 Å². The van der Waals surface area contributed by atoms with E-state index in [1.165, 1.54) is 17.0 Å². The number of rotatable bonds is 4. The number of carbonyl (C=O) groups is 1. The topological polar surface area (TPSA) is 92.1 Å². The first-order valence-electron chi connectivity index (χ1n) is 4.68. The highest BCUT2D eigenvalue weighted by molar-refractivity contribution is 7.80. The Hall–Kier alpha value is -1.76. The molecule has 0 bridgehead atoms. The number of likely N-dealkylation sites (N-methyl/N-ethyl adjacent to an activating group) is 1. The van der Waals surface area contributed by atoms with Gasteiger partial charge in [-0.05, 0) is 13.0 Å². The molecule has 0 aliphatic heterocycles. The van der Waals surface area contributed by atoms with E-state index >= 15 is 0 Å². The van der Waals surface area contributed by atoms with Gasteiger partial charge in [0.15, 0.2) is 0 Å². The number of nitrogens with zero attached hydrogens (tertiary/aromatic N) is 2. The predicted molar refractivity (Wildman–Crippen MR) is 63.2 cm³/mol. The minimum absolute atomic E-state index is 0.165. The highest BCUT2D eigenvalue weighted by atomic mass is 32.1. The van der Waals surface area contributed by atoms with Gasteiger partial charge in [-0.2, -0.15) is 5.10 Å². The maximum Gasteiger partial charge on any atom is 0.274 e. The molecule has 3 N–H and O–H groups in total. The lowest BCUT2D eigenvalue weighted by atomic mass is 10.3. The minimum Gasteiger partial charge on any atom is -0.392 e. The lowest BCUT2D eigenvalue weighted by Crippen LogP contribution is -2.38. The van der Waals surface area contributed by atoms with Crippen molar-refractivity contribution in [2.24, 2.45) is 5.73 Å². The number of carbonyl (C=O) groups excluding carboxylic acids is 1. The third kappa shape index (κ3) is 3.13. The molecule has 16 heavy (non-hydrogen) atoms. The second-order valence-electron chi connectivity index (χ2n) is 3.09. The van der Waals surface area contributed by atoms with Crippen molar-refractivity contribution in [1.82, 2.24) is 15.1 Å². The highest BCUT2D eigenvalue weighted by Crippen LogP contribution is 1.98. The zero-order chi connectivity index (χ0) is 12.1. The summed E-state index contributed by atoms with van der Waals surface area (Å²) in [5, 5.41) is 5.84. The second-order valence-corrected chi connectivity index (χ2v) is 3.62. The molecule has 6 nitrogen and oxygen atoms in total. The summed E-state index contributed by atoms with van der Waals surface area (Å²) in [4.78, 5) is 24.3. The summed E-state index contributed by atoms with van der Waals surface area (Å²) in [6.45, 7) is 2.48. The second kappa shape index (κ2) is 5.36. The summed E-state index contributed by atoms with van der Waals surface area (Å²) in [6.07, 6.45) is 0. The Kier molecular flexibility index (Phi) is 4.12. The van der Waals surface area contributed by atoms with Crippen LogP contribution in [-0.2, 0) is 0 Å². The Bertz CT molecular complexity index is 437. The SMILES string of the molecule is CCN(CC(N)=S)C(=O)c1ccc(=O)[nH]n1. The summed E-state index contributed by atoms with van der Waals surface area (Å²) >= 11 is 4.73. The van der Waals surface area contributed by atoms with Crippen LogP contribution >= 0.6 is 12.2 Å². The lowest BCUT2D eigenvalue weighted by Gasteiger charge is -2.19. The Morgan fingerprint density at radius 2 is 2.31 bits per heavy atom. The van der Waals surface area contributed by atoms with Crippen molar-refractivity contribution in [3.63, 3.8) is 0 Å². The van der Waals surface area contributed by atoms with Crippen molar-refractivity contribution in [2.45, 2.75) is 6.92 Å². The van der Waals surface area contributed by atoms with Crippen LogP contribution in [0.5, 0.6) is 0 Å². The molecule has 0 unspecified atom stereocenters. The van der Waals surface area contributed by atoms with Gasteiger partial charge >= 0.3 is 0 Å². The van der Waals surface area contributed by atoms with Crippen LogP contribution in [-0.4, -0.2) is 39.1 Å². The molecule has 0 fully saturated rings. The smallest absolute Gasteiger partial charge is 0.274 e. The quantitative estimate of drug-likeness (QED) is 0.693. The molecule has 0 aliphatic rings. The first-order valence-corrected chi connectivity index (χ1v) is 5.08. The molecule has 0 spiro atoms. The Labute approximate surface area is 97.4 Å². The van der Waals surface area contributed by atoms with E-state index in [1.54, 1.807) is 0 Å². The van der Waals surface area contributed by atoms with Gasteiger partial charge in [-0.1, -0.05) is 12.2 Å². The number of aromatic amines is 1. The van der Waals surface area contributed by atoms with Crippen molar-refractivity contribution in [3.8, 4) is 0 Å². The van der Waals surface area contributed by atoms with Crippen LogP contribution in [0, 0.1) is 0 Å². The van der Waals surface area contributed by atoms with E-state index in [-0.39, 0.29) is 28.7 Å². The molecule has 0 saturated heterocycles. The van der Waals surface area contributed by atoms with E-state index in [0.29, 0.717) is 6.54 Å². The molecule has 0 atom stereocenters. The van der Waals surface area contributed by atoms with Gasteiger partial charge < -0.3 is 10.6 Å². The zero-order valence-electron chi connectivity index (χ0n) is 8.77. The van der Waals surface area contributed by atoms with E-state index in [2.05, 4.69) is 10.2 Å². The van der Waals surface area contributed by atoms with Gasteiger partial charge in [-0.15, -0.1) is 0 Å². The van der Waals surface area contributed by atoms with E-state index in [0.717, 1.165) is 0 Å². The number of nitrogens with two attached hydrogens (primary N) is 1. The van der Waals surface area contributed by atoms with Gasteiger partial charge in [0, 0.05) is 12.6 Å². The number of thiocarbonyl (C=S) groups is 1. The normalized spacial score (nSPS) is 9.81. The van der Waals surface area contributed by atoms with Crippen LogP contribution in [0.15, 0.2) is 16.9 Å². The summed E-state index contributed by atoms with van der Waals surface area (Å²) in [7, 11) is 0. The Morgan fingerprint density at radius 3 is 2.75 bits per heavy atom. The summed E-state index contributed by atoms with van der Waals surface area (Å²) in [5.41, 5.74) is 5.18. The first-order chi connectivity index (χ1) is 7.54. The molecule has 0 saturated carbocycles. The maximum atomic E-state index is 11.8. The largest absolute Gasteiger partial charge is 0.392 e. The molecule has 1 amide bonds. The third-order valence-corrected chi connectivity index (χ3v) is 2.04. The predicted octanol–water partition coefficient (Wildman–Crippen LogP) is -0.482. The van der Waals surface area contributed by atoms with Gasteiger partial charge in [0.1, 0.15) is 5.69 Å². The van der Waals surface area contributed by atoms with Gasteiger partial charge in [-0.3, -0.25) is 9.59 Å². The molecule has 1 aromatic rings. The average Bonchev–Trinajstić information content (AvgIpc) is 2.25. The minimum atomic E-state index is -0.353. The van der Waals surface area contributed by atoms with E-state index in [1.807, 2.05) is 6.92 Å². The molecule has 1 rings (SSSR count). The molecule has 0 aromatic carbocycles. The molecular weight excluding hydrogens is 228 g/mol. The van der Waals surface area contributed by atoms with E-state index < -0.39 is 0 Å². The van der Waals surface area contributed by atoms with Crippen LogP contribution in [0.2, 0.25) is 0 Å². The summed E-state index contributed by atoms with van der Waals surface area (Å²) in [5.74, 6) is -0.313. The average molecular weight is 240 g/mol. The fraction of sp³-hybridized carbons (Fsp3) is 0.333. The first kappa shape index (κ1) is 12.3. The molecule has 1 aromatic heterocycles. The number of aromatic nitrogens is 2. The number of nitrogens with one attached hydrogen (secondary N) is 1. The van der Waals surface area contributed by atoms with Crippen LogP contribution in [0.4, 0.5) is 0 Å². The molecule has 1 heterocycles. The zero-order valence-corrected chi connectivity index (χ0v) is 9.58. The maximum absolute atomic E-state index is 11.8. The van der Waals surface area contributed by atoms with E-state index in [9.17, 15) is 9.59 Å². The lowest BCUT2D eigenvalue weighted by molar-refractivity contribution is 0.0781. The molecule has 0 radical (unpaired) electrons. The third-order valence-electron chi connectivity index (χ3n) is 1.91.